The van der Waals surface area contributed by atoms with Crippen LogP contribution in [0.25, 0.3) is 0 Å². The van der Waals surface area contributed by atoms with Crippen LogP contribution in [-0.4, -0.2) is 43.7 Å². The lowest BCUT2D eigenvalue weighted by molar-refractivity contribution is 0.255. The van der Waals surface area contributed by atoms with Crippen LogP contribution in [0.2, 0.25) is 5.02 Å². The number of rotatable bonds is 5. The maximum atomic E-state index is 12.6. The van der Waals surface area contributed by atoms with E-state index in [4.69, 9.17) is 17.3 Å². The molecule has 1 aromatic carbocycles. The second kappa shape index (κ2) is 7.07. The van der Waals surface area contributed by atoms with E-state index in [1.54, 1.807) is 23.5 Å². The third-order valence-corrected chi connectivity index (χ3v) is 5.97. The molecule has 0 radical (unpaired) electrons. The highest BCUT2D eigenvalue weighted by atomic mass is 35.5. The molecular weight excluding hydrogens is 310 g/mol. The summed E-state index contributed by atoms with van der Waals surface area (Å²) in [6.45, 7) is 1.92. The summed E-state index contributed by atoms with van der Waals surface area (Å²) in [5.41, 5.74) is 6.55. The van der Waals surface area contributed by atoms with E-state index in [2.05, 4.69) is 0 Å². The molecule has 1 unspecified atom stereocenters. The molecule has 1 saturated heterocycles. The average molecular weight is 332 g/mol. The van der Waals surface area contributed by atoms with E-state index < -0.39 is 10.2 Å². The summed E-state index contributed by atoms with van der Waals surface area (Å²) in [5.74, 6) is 0.257. The highest BCUT2D eigenvalue weighted by Gasteiger charge is 2.31. The van der Waals surface area contributed by atoms with Crippen molar-refractivity contribution < 1.29 is 8.42 Å². The second-order valence-corrected chi connectivity index (χ2v) is 7.97. The second-order valence-electron chi connectivity index (χ2n) is 5.50. The molecule has 1 atom stereocenters. The van der Waals surface area contributed by atoms with Crippen LogP contribution < -0.4 is 5.73 Å². The topological polar surface area (TPSA) is 66.6 Å². The van der Waals surface area contributed by atoms with Gasteiger partial charge in [0.15, 0.2) is 0 Å². The Balaban J connectivity index is 2.07. The van der Waals surface area contributed by atoms with Crippen LogP contribution in [0.4, 0.5) is 0 Å². The summed E-state index contributed by atoms with van der Waals surface area (Å²) in [6, 6.07) is 7.25. The lowest BCUT2D eigenvalue weighted by atomic mass is 10.0. The fraction of sp³-hybridized carbons (Fsp3) is 0.571. The van der Waals surface area contributed by atoms with Crippen LogP contribution in [0.5, 0.6) is 0 Å². The smallest absolute Gasteiger partial charge is 0.282 e. The van der Waals surface area contributed by atoms with Crippen molar-refractivity contribution in [3.05, 3.63) is 34.9 Å². The van der Waals surface area contributed by atoms with Gasteiger partial charge in [0, 0.05) is 31.7 Å². The van der Waals surface area contributed by atoms with E-state index in [9.17, 15) is 8.42 Å². The third-order valence-electron chi connectivity index (χ3n) is 3.83. The Kier molecular flexibility index (Phi) is 5.62. The van der Waals surface area contributed by atoms with Crippen LogP contribution in [0.15, 0.2) is 24.3 Å². The van der Waals surface area contributed by atoms with Crippen molar-refractivity contribution >= 4 is 21.8 Å². The first kappa shape index (κ1) is 16.7. The number of hydrogen-bond donors (Lipinski definition) is 1. The first-order valence-electron chi connectivity index (χ1n) is 7.09. The van der Waals surface area contributed by atoms with E-state index >= 15 is 0 Å². The molecule has 0 spiro atoms. The normalized spacial score (nSPS) is 20.9. The Morgan fingerprint density at radius 2 is 2.24 bits per heavy atom. The van der Waals surface area contributed by atoms with E-state index in [-0.39, 0.29) is 5.92 Å². The highest BCUT2D eigenvalue weighted by Crippen LogP contribution is 2.21. The van der Waals surface area contributed by atoms with E-state index in [0.29, 0.717) is 31.2 Å². The van der Waals surface area contributed by atoms with Crippen molar-refractivity contribution in [1.82, 2.24) is 8.61 Å². The fourth-order valence-electron chi connectivity index (χ4n) is 2.60. The number of halogens is 1. The Labute approximate surface area is 131 Å². The first-order chi connectivity index (χ1) is 9.93. The zero-order chi connectivity index (χ0) is 15.5. The number of hydrogen-bond acceptors (Lipinski definition) is 3. The van der Waals surface area contributed by atoms with Crippen LogP contribution >= 0.6 is 11.6 Å². The van der Waals surface area contributed by atoms with Crippen LogP contribution in [0.1, 0.15) is 18.4 Å². The molecule has 0 amide bonds. The maximum Gasteiger partial charge on any atom is 0.282 e. The van der Waals surface area contributed by atoms with E-state index in [1.807, 2.05) is 12.1 Å². The molecule has 0 bridgehead atoms. The van der Waals surface area contributed by atoms with Crippen molar-refractivity contribution in [3.63, 3.8) is 0 Å². The van der Waals surface area contributed by atoms with Gasteiger partial charge < -0.3 is 5.73 Å². The standard InChI is InChI=1S/C14H22ClN3O2S/c1-17(10-12-4-2-6-14(15)8-12)21(19,20)18-7-3-5-13(9-16)11-18/h2,4,6,8,13H,3,5,7,9-11,16H2,1H3. The molecule has 2 rings (SSSR count). The van der Waals surface area contributed by atoms with Crippen molar-refractivity contribution in [1.29, 1.82) is 0 Å². The van der Waals surface area contributed by atoms with Gasteiger partial charge in [-0.3, -0.25) is 0 Å². The molecular formula is C14H22ClN3O2S. The summed E-state index contributed by atoms with van der Waals surface area (Å²) in [6.07, 6.45) is 1.87. The molecule has 21 heavy (non-hydrogen) atoms. The number of nitrogens with zero attached hydrogens (tertiary/aromatic N) is 2. The van der Waals surface area contributed by atoms with Gasteiger partial charge in [0.25, 0.3) is 10.2 Å². The zero-order valence-electron chi connectivity index (χ0n) is 12.2. The van der Waals surface area contributed by atoms with Gasteiger partial charge in [-0.25, -0.2) is 0 Å². The largest absolute Gasteiger partial charge is 0.330 e. The molecule has 0 saturated carbocycles. The van der Waals surface area contributed by atoms with Crippen LogP contribution in [-0.2, 0) is 16.8 Å². The Hall–Kier alpha value is -0.660. The Bertz CT molecular complexity index is 579. The Morgan fingerprint density at radius 3 is 2.90 bits per heavy atom. The molecule has 0 aliphatic carbocycles. The molecule has 1 aliphatic heterocycles. The van der Waals surface area contributed by atoms with Gasteiger partial charge in [0.2, 0.25) is 0 Å². The fourth-order valence-corrected chi connectivity index (χ4v) is 4.28. The van der Waals surface area contributed by atoms with Crippen LogP contribution in [0, 0.1) is 5.92 Å². The summed E-state index contributed by atoms with van der Waals surface area (Å²) < 4.78 is 28.1. The van der Waals surface area contributed by atoms with E-state index in [0.717, 1.165) is 18.4 Å². The van der Waals surface area contributed by atoms with Gasteiger partial charge in [-0.1, -0.05) is 23.7 Å². The van der Waals surface area contributed by atoms with Crippen molar-refractivity contribution in [2.75, 3.05) is 26.7 Å². The lowest BCUT2D eigenvalue weighted by Gasteiger charge is -2.34. The molecule has 1 fully saturated rings. The van der Waals surface area contributed by atoms with Gasteiger partial charge in [-0.05, 0) is 43.0 Å². The van der Waals surface area contributed by atoms with E-state index in [1.165, 1.54) is 4.31 Å². The van der Waals surface area contributed by atoms with Crippen molar-refractivity contribution in [3.8, 4) is 0 Å². The molecule has 1 heterocycles. The number of piperidine rings is 1. The minimum atomic E-state index is -3.45. The van der Waals surface area contributed by atoms with Gasteiger partial charge in [0.1, 0.15) is 0 Å². The number of nitrogens with two attached hydrogens (primary N) is 1. The Morgan fingerprint density at radius 1 is 1.48 bits per heavy atom. The molecule has 2 N–H and O–H groups in total. The minimum Gasteiger partial charge on any atom is -0.330 e. The van der Waals surface area contributed by atoms with Gasteiger partial charge in [0.05, 0.1) is 0 Å². The molecule has 7 heteroatoms. The lowest BCUT2D eigenvalue weighted by Crippen LogP contribution is -2.47. The maximum absolute atomic E-state index is 12.6. The SMILES string of the molecule is CN(Cc1cccc(Cl)c1)S(=O)(=O)N1CCCC(CN)C1. The highest BCUT2D eigenvalue weighted by molar-refractivity contribution is 7.86. The zero-order valence-corrected chi connectivity index (χ0v) is 13.8. The van der Waals surface area contributed by atoms with Gasteiger partial charge in [-0.15, -0.1) is 0 Å². The quantitative estimate of drug-likeness (QED) is 0.892. The molecule has 118 valence electrons. The summed E-state index contributed by atoms with van der Waals surface area (Å²) in [4.78, 5) is 0. The molecule has 0 aromatic heterocycles. The summed E-state index contributed by atoms with van der Waals surface area (Å²) in [7, 11) is -1.85. The monoisotopic (exact) mass is 331 g/mol. The molecule has 1 aromatic rings. The first-order valence-corrected chi connectivity index (χ1v) is 8.87. The average Bonchev–Trinajstić information content (AvgIpc) is 2.47. The predicted octanol–water partition coefficient (Wildman–Crippen LogP) is 1.69. The van der Waals surface area contributed by atoms with Crippen molar-refractivity contribution in [2.24, 2.45) is 11.7 Å². The number of benzene rings is 1. The van der Waals surface area contributed by atoms with Gasteiger partial charge >= 0.3 is 0 Å². The summed E-state index contributed by atoms with van der Waals surface area (Å²) >= 11 is 5.94. The summed E-state index contributed by atoms with van der Waals surface area (Å²) in [5, 5.41) is 0.611. The third kappa shape index (κ3) is 4.17. The predicted molar refractivity (Wildman–Crippen MR) is 85.2 cm³/mol. The van der Waals surface area contributed by atoms with Crippen LogP contribution in [0.3, 0.4) is 0 Å². The van der Waals surface area contributed by atoms with Crippen molar-refractivity contribution in [2.45, 2.75) is 19.4 Å². The molecule has 1 aliphatic rings. The minimum absolute atomic E-state index is 0.257. The van der Waals surface area contributed by atoms with Gasteiger partial charge in [-0.2, -0.15) is 17.0 Å². The molecule has 5 nitrogen and oxygen atoms in total.